The summed E-state index contributed by atoms with van der Waals surface area (Å²) in [6.07, 6.45) is 5.10. The summed E-state index contributed by atoms with van der Waals surface area (Å²) in [6, 6.07) is 1.59. The Hall–Kier alpha value is -2.95. The lowest BCUT2D eigenvalue weighted by molar-refractivity contribution is 0.102. The Bertz CT molecular complexity index is 864. The molecule has 0 aromatic carbocycles. The molecule has 2 aromatic rings. The summed E-state index contributed by atoms with van der Waals surface area (Å²) in [6.45, 7) is 1.24. The van der Waals surface area contributed by atoms with Gasteiger partial charge in [0.2, 0.25) is 0 Å². The van der Waals surface area contributed by atoms with Crippen molar-refractivity contribution in [2.75, 3.05) is 29.0 Å². The third-order valence-electron chi connectivity index (χ3n) is 4.12. The van der Waals surface area contributed by atoms with Crippen LogP contribution in [0, 0.1) is 0 Å². The smallest absolute Gasteiger partial charge is 0.404 e. The number of anilines is 3. The topological polar surface area (TPSA) is 146 Å². The van der Waals surface area contributed by atoms with Crippen LogP contribution >= 0.6 is 15.9 Å². The van der Waals surface area contributed by atoms with E-state index in [-0.39, 0.29) is 17.6 Å². The number of aromatic nitrogens is 3. The van der Waals surface area contributed by atoms with Crippen molar-refractivity contribution in [3.8, 4) is 0 Å². The van der Waals surface area contributed by atoms with Crippen molar-refractivity contribution < 1.29 is 14.7 Å². The molecule has 3 rings (SSSR count). The number of nitrogens with two attached hydrogens (primary N) is 1. The van der Waals surface area contributed by atoms with Crippen molar-refractivity contribution in [1.82, 2.24) is 20.3 Å². The minimum absolute atomic E-state index is 0.00300. The fraction of sp³-hybridized carbons (Fsp3) is 0.312. The summed E-state index contributed by atoms with van der Waals surface area (Å²) >= 11 is 3.17. The van der Waals surface area contributed by atoms with Gasteiger partial charge in [0.25, 0.3) is 5.91 Å². The first-order valence-corrected chi connectivity index (χ1v) is 9.01. The fourth-order valence-corrected chi connectivity index (χ4v) is 3.25. The molecule has 1 atom stereocenters. The van der Waals surface area contributed by atoms with Crippen LogP contribution in [0.2, 0.25) is 0 Å². The molecule has 1 fully saturated rings. The van der Waals surface area contributed by atoms with Crippen molar-refractivity contribution in [2.24, 2.45) is 0 Å². The second-order valence-electron chi connectivity index (χ2n) is 6.01. The maximum absolute atomic E-state index is 12.6. The van der Waals surface area contributed by atoms with E-state index >= 15 is 0 Å². The summed E-state index contributed by atoms with van der Waals surface area (Å²) < 4.78 is 0.395. The number of nitrogens with zero attached hydrogens (tertiary/aromatic N) is 4. The molecule has 1 saturated heterocycles. The van der Waals surface area contributed by atoms with Gasteiger partial charge in [-0.15, -0.1) is 0 Å². The molecule has 3 heterocycles. The predicted molar refractivity (Wildman–Crippen MR) is 103 cm³/mol. The largest absolute Gasteiger partial charge is 0.465 e. The SMILES string of the molecule is Nc1ncc(Br)nc1C(=O)Nc1cnccc1N1CCCC(NC(=O)O)C1. The van der Waals surface area contributed by atoms with Gasteiger partial charge in [-0.05, 0) is 34.8 Å². The molecule has 142 valence electrons. The molecule has 0 aliphatic carbocycles. The molecule has 0 radical (unpaired) electrons. The molecule has 0 saturated carbocycles. The highest BCUT2D eigenvalue weighted by molar-refractivity contribution is 9.10. The van der Waals surface area contributed by atoms with Crippen LogP contribution in [-0.4, -0.2) is 51.2 Å². The zero-order valence-corrected chi connectivity index (χ0v) is 15.8. The molecule has 2 aromatic heterocycles. The van der Waals surface area contributed by atoms with E-state index in [1.165, 1.54) is 12.4 Å². The lowest BCUT2D eigenvalue weighted by atomic mass is 10.0. The maximum Gasteiger partial charge on any atom is 0.404 e. The van der Waals surface area contributed by atoms with Gasteiger partial charge >= 0.3 is 6.09 Å². The number of nitrogens with one attached hydrogen (secondary N) is 2. The minimum atomic E-state index is -1.05. The van der Waals surface area contributed by atoms with Gasteiger partial charge in [-0.1, -0.05) is 0 Å². The Morgan fingerprint density at radius 3 is 2.96 bits per heavy atom. The highest BCUT2D eigenvalue weighted by atomic mass is 79.9. The highest BCUT2D eigenvalue weighted by Crippen LogP contribution is 2.28. The van der Waals surface area contributed by atoms with E-state index in [0.29, 0.717) is 16.8 Å². The van der Waals surface area contributed by atoms with Gasteiger partial charge in [0, 0.05) is 25.3 Å². The van der Waals surface area contributed by atoms with Gasteiger partial charge in [0.1, 0.15) is 4.60 Å². The van der Waals surface area contributed by atoms with E-state index < -0.39 is 12.0 Å². The first-order valence-electron chi connectivity index (χ1n) is 8.22. The average molecular weight is 436 g/mol. The van der Waals surface area contributed by atoms with E-state index in [1.54, 1.807) is 12.3 Å². The van der Waals surface area contributed by atoms with Gasteiger partial charge in [0.05, 0.1) is 23.8 Å². The van der Waals surface area contributed by atoms with Crippen LogP contribution in [0.1, 0.15) is 23.3 Å². The number of hydrogen-bond acceptors (Lipinski definition) is 7. The van der Waals surface area contributed by atoms with Crippen LogP contribution < -0.4 is 21.3 Å². The molecule has 10 nitrogen and oxygen atoms in total. The molecule has 27 heavy (non-hydrogen) atoms. The van der Waals surface area contributed by atoms with Crippen LogP contribution in [0.3, 0.4) is 0 Å². The van der Waals surface area contributed by atoms with Crippen LogP contribution in [0.4, 0.5) is 22.0 Å². The van der Waals surface area contributed by atoms with E-state index in [1.807, 2.05) is 4.90 Å². The number of halogens is 1. The summed E-state index contributed by atoms with van der Waals surface area (Å²) in [4.78, 5) is 37.5. The van der Waals surface area contributed by atoms with E-state index in [9.17, 15) is 9.59 Å². The second-order valence-corrected chi connectivity index (χ2v) is 6.82. The molecule has 0 bridgehead atoms. The van der Waals surface area contributed by atoms with Gasteiger partial charge in [0.15, 0.2) is 11.5 Å². The van der Waals surface area contributed by atoms with Crippen molar-refractivity contribution in [3.63, 3.8) is 0 Å². The standard InChI is InChI=1S/C16H18BrN7O3/c17-12-7-20-14(18)13(23-12)15(25)22-10-6-19-4-3-11(10)24-5-1-2-9(8-24)21-16(26)27/h3-4,6-7,9,21H,1-2,5,8H2,(H2,18,20)(H,22,25)(H,26,27). The van der Waals surface area contributed by atoms with Gasteiger partial charge in [-0.25, -0.2) is 14.8 Å². The lowest BCUT2D eigenvalue weighted by Gasteiger charge is -2.35. The first kappa shape index (κ1) is 18.8. The predicted octanol–water partition coefficient (Wildman–Crippen LogP) is 1.71. The third-order valence-corrected chi connectivity index (χ3v) is 4.50. The summed E-state index contributed by atoms with van der Waals surface area (Å²) in [5, 5.41) is 14.2. The van der Waals surface area contributed by atoms with Crippen LogP contribution in [0.5, 0.6) is 0 Å². The Balaban J connectivity index is 1.80. The number of carbonyl (C=O) groups is 2. The molecule has 1 unspecified atom stereocenters. The van der Waals surface area contributed by atoms with E-state index in [2.05, 4.69) is 41.5 Å². The van der Waals surface area contributed by atoms with Crippen molar-refractivity contribution >= 4 is 45.1 Å². The Morgan fingerprint density at radius 1 is 1.37 bits per heavy atom. The fourth-order valence-electron chi connectivity index (χ4n) is 2.97. The highest BCUT2D eigenvalue weighted by Gasteiger charge is 2.24. The van der Waals surface area contributed by atoms with Crippen LogP contribution in [0.15, 0.2) is 29.3 Å². The second kappa shape index (κ2) is 8.16. The molecular formula is C16H18BrN7O3. The zero-order chi connectivity index (χ0) is 19.4. The van der Waals surface area contributed by atoms with E-state index in [0.717, 1.165) is 25.1 Å². The Morgan fingerprint density at radius 2 is 2.19 bits per heavy atom. The number of amides is 2. The molecule has 5 N–H and O–H groups in total. The lowest BCUT2D eigenvalue weighted by Crippen LogP contribution is -2.47. The third kappa shape index (κ3) is 4.61. The maximum atomic E-state index is 12.6. The summed E-state index contributed by atoms with van der Waals surface area (Å²) in [5.41, 5.74) is 6.98. The molecule has 0 spiro atoms. The number of nitrogen functional groups attached to an aromatic ring is 1. The molecule has 1 aliphatic heterocycles. The number of carbonyl (C=O) groups excluding carboxylic acids is 1. The number of pyridine rings is 1. The number of piperidine rings is 1. The van der Waals surface area contributed by atoms with E-state index in [4.69, 9.17) is 10.8 Å². The quantitative estimate of drug-likeness (QED) is 0.567. The minimum Gasteiger partial charge on any atom is -0.465 e. The Labute approximate surface area is 163 Å². The molecular weight excluding hydrogens is 418 g/mol. The zero-order valence-electron chi connectivity index (χ0n) is 14.2. The van der Waals surface area contributed by atoms with Crippen molar-refractivity contribution in [3.05, 3.63) is 35.0 Å². The summed E-state index contributed by atoms with van der Waals surface area (Å²) in [5.74, 6) is -0.488. The molecule has 11 heteroatoms. The van der Waals surface area contributed by atoms with Crippen LogP contribution in [0.25, 0.3) is 0 Å². The van der Waals surface area contributed by atoms with Gasteiger partial charge in [-0.3, -0.25) is 9.78 Å². The molecule has 2 amide bonds. The number of rotatable bonds is 4. The van der Waals surface area contributed by atoms with Gasteiger partial charge in [-0.2, -0.15) is 0 Å². The number of carboxylic acid groups (broad SMARTS) is 1. The first-order chi connectivity index (χ1) is 12.9. The van der Waals surface area contributed by atoms with Gasteiger partial charge < -0.3 is 26.4 Å². The Kier molecular flexibility index (Phi) is 5.69. The normalized spacial score (nSPS) is 16.6. The average Bonchev–Trinajstić information content (AvgIpc) is 2.64. The number of hydrogen-bond donors (Lipinski definition) is 4. The summed E-state index contributed by atoms with van der Waals surface area (Å²) in [7, 11) is 0. The molecule has 1 aliphatic rings. The van der Waals surface area contributed by atoms with Crippen molar-refractivity contribution in [2.45, 2.75) is 18.9 Å². The van der Waals surface area contributed by atoms with Crippen molar-refractivity contribution in [1.29, 1.82) is 0 Å². The monoisotopic (exact) mass is 435 g/mol. The van der Waals surface area contributed by atoms with Crippen LogP contribution in [-0.2, 0) is 0 Å².